The van der Waals surface area contributed by atoms with Crippen molar-refractivity contribution < 1.29 is 9.13 Å². The number of aromatic nitrogens is 3. The van der Waals surface area contributed by atoms with Crippen LogP contribution in [0.15, 0.2) is 48.8 Å². The summed E-state index contributed by atoms with van der Waals surface area (Å²) in [5.74, 6) is 2.08. The van der Waals surface area contributed by atoms with Gasteiger partial charge in [-0.25, -0.2) is 14.4 Å². The minimum absolute atomic E-state index is 0.226. The predicted molar refractivity (Wildman–Crippen MR) is 115 cm³/mol. The standard InChI is InChI=1S/C23H26FN5O/c1-25-22-13-21(27-23(28-22)16-7-9-26-10-8-16)18-4-3-11-29(15-18)14-17-5-6-19(30-2)12-20(17)24/h5-10,12-13,18H,3-4,11,14-15H2,1-2H3,(H,25,27,28)/t18-/m1/s1. The van der Waals surface area contributed by atoms with E-state index in [1.807, 2.05) is 37.4 Å². The van der Waals surface area contributed by atoms with Gasteiger partial charge in [-0.15, -0.1) is 0 Å². The molecule has 0 bridgehead atoms. The van der Waals surface area contributed by atoms with Crippen molar-refractivity contribution in [2.75, 3.05) is 32.6 Å². The third kappa shape index (κ3) is 4.57. The van der Waals surface area contributed by atoms with Crippen LogP contribution >= 0.6 is 0 Å². The predicted octanol–water partition coefficient (Wildman–Crippen LogP) is 4.11. The Labute approximate surface area is 176 Å². The van der Waals surface area contributed by atoms with E-state index in [2.05, 4.69) is 20.2 Å². The molecule has 30 heavy (non-hydrogen) atoms. The maximum atomic E-state index is 14.4. The van der Waals surface area contributed by atoms with Gasteiger partial charge in [0.15, 0.2) is 5.82 Å². The van der Waals surface area contributed by atoms with Gasteiger partial charge in [0.2, 0.25) is 0 Å². The molecular weight excluding hydrogens is 381 g/mol. The highest BCUT2D eigenvalue weighted by atomic mass is 19.1. The Morgan fingerprint density at radius 1 is 1.17 bits per heavy atom. The molecule has 1 aromatic carbocycles. The number of hydrogen-bond acceptors (Lipinski definition) is 6. The Balaban J connectivity index is 1.54. The highest BCUT2D eigenvalue weighted by Crippen LogP contribution is 2.30. The summed E-state index contributed by atoms with van der Waals surface area (Å²) in [5.41, 5.74) is 2.64. The smallest absolute Gasteiger partial charge is 0.161 e. The van der Waals surface area contributed by atoms with Crippen molar-refractivity contribution in [1.29, 1.82) is 0 Å². The highest BCUT2D eigenvalue weighted by Gasteiger charge is 2.24. The van der Waals surface area contributed by atoms with Crippen LogP contribution < -0.4 is 10.1 Å². The molecule has 4 rings (SSSR count). The first kappa shape index (κ1) is 20.2. The largest absolute Gasteiger partial charge is 0.497 e. The Morgan fingerprint density at radius 2 is 2.00 bits per heavy atom. The number of anilines is 1. The lowest BCUT2D eigenvalue weighted by Gasteiger charge is -2.32. The maximum Gasteiger partial charge on any atom is 0.161 e. The summed E-state index contributed by atoms with van der Waals surface area (Å²) < 4.78 is 19.5. The van der Waals surface area contributed by atoms with E-state index in [0.717, 1.165) is 43.0 Å². The quantitative estimate of drug-likeness (QED) is 0.664. The van der Waals surface area contributed by atoms with Crippen LogP contribution in [0.5, 0.6) is 5.75 Å². The molecule has 0 saturated carbocycles. The number of methoxy groups -OCH3 is 1. The number of piperidine rings is 1. The first-order valence-electron chi connectivity index (χ1n) is 10.2. The molecule has 1 fully saturated rings. The zero-order valence-corrected chi connectivity index (χ0v) is 17.3. The molecular formula is C23H26FN5O. The molecule has 1 aliphatic heterocycles. The minimum atomic E-state index is -0.226. The Bertz CT molecular complexity index is 998. The third-order valence-corrected chi connectivity index (χ3v) is 5.52. The van der Waals surface area contributed by atoms with Gasteiger partial charge in [0.25, 0.3) is 0 Å². The van der Waals surface area contributed by atoms with E-state index in [1.54, 1.807) is 19.5 Å². The fourth-order valence-electron chi connectivity index (χ4n) is 3.90. The van der Waals surface area contributed by atoms with Crippen LogP contribution in [0.2, 0.25) is 0 Å². The summed E-state index contributed by atoms with van der Waals surface area (Å²) in [6.45, 7) is 2.36. The van der Waals surface area contributed by atoms with E-state index in [9.17, 15) is 4.39 Å². The van der Waals surface area contributed by atoms with Crippen molar-refractivity contribution >= 4 is 5.82 Å². The van der Waals surface area contributed by atoms with Gasteiger partial charge in [-0.2, -0.15) is 0 Å². The topological polar surface area (TPSA) is 63.2 Å². The van der Waals surface area contributed by atoms with Crippen LogP contribution in [0.25, 0.3) is 11.4 Å². The van der Waals surface area contributed by atoms with E-state index in [-0.39, 0.29) is 11.7 Å². The molecule has 6 nitrogen and oxygen atoms in total. The number of pyridine rings is 1. The lowest BCUT2D eigenvalue weighted by molar-refractivity contribution is 0.196. The third-order valence-electron chi connectivity index (χ3n) is 5.52. The number of nitrogens with zero attached hydrogens (tertiary/aromatic N) is 4. The van der Waals surface area contributed by atoms with E-state index in [0.29, 0.717) is 23.7 Å². The Kier molecular flexibility index (Phi) is 6.18. The van der Waals surface area contributed by atoms with Gasteiger partial charge in [0.05, 0.1) is 12.8 Å². The summed E-state index contributed by atoms with van der Waals surface area (Å²) in [5, 5.41) is 3.14. The molecule has 0 aliphatic carbocycles. The van der Waals surface area contributed by atoms with Gasteiger partial charge in [0, 0.05) is 61.7 Å². The van der Waals surface area contributed by atoms with Gasteiger partial charge >= 0.3 is 0 Å². The number of likely N-dealkylation sites (tertiary alicyclic amines) is 1. The minimum Gasteiger partial charge on any atom is -0.497 e. The van der Waals surface area contributed by atoms with Crippen LogP contribution in [0.4, 0.5) is 10.2 Å². The molecule has 156 valence electrons. The maximum absolute atomic E-state index is 14.4. The Morgan fingerprint density at radius 3 is 2.73 bits per heavy atom. The molecule has 3 heterocycles. The number of hydrogen-bond donors (Lipinski definition) is 1. The first-order valence-corrected chi connectivity index (χ1v) is 10.2. The fraction of sp³-hybridized carbons (Fsp3) is 0.348. The molecule has 0 unspecified atom stereocenters. The van der Waals surface area contributed by atoms with Crippen LogP contribution in [0.3, 0.4) is 0 Å². The zero-order chi connectivity index (χ0) is 20.9. The summed E-state index contributed by atoms with van der Waals surface area (Å²) in [4.78, 5) is 15.8. The molecule has 7 heteroatoms. The van der Waals surface area contributed by atoms with Crippen LogP contribution in [0.1, 0.15) is 30.0 Å². The average molecular weight is 407 g/mol. The highest BCUT2D eigenvalue weighted by molar-refractivity contribution is 5.57. The number of halogens is 1. The summed E-state index contributed by atoms with van der Waals surface area (Å²) in [6.07, 6.45) is 5.59. The van der Waals surface area contributed by atoms with E-state index in [4.69, 9.17) is 9.72 Å². The zero-order valence-electron chi connectivity index (χ0n) is 17.3. The van der Waals surface area contributed by atoms with E-state index in [1.165, 1.54) is 6.07 Å². The van der Waals surface area contributed by atoms with Gasteiger partial charge in [0.1, 0.15) is 17.4 Å². The number of ether oxygens (including phenoxy) is 1. The number of nitrogens with one attached hydrogen (secondary N) is 1. The summed E-state index contributed by atoms with van der Waals surface area (Å²) >= 11 is 0. The van der Waals surface area contributed by atoms with Crippen LogP contribution in [-0.2, 0) is 6.54 Å². The molecule has 0 amide bonds. The van der Waals surface area contributed by atoms with Crippen molar-refractivity contribution in [3.8, 4) is 17.1 Å². The number of rotatable bonds is 6. The molecule has 1 aliphatic rings. The second kappa shape index (κ2) is 9.17. The molecule has 0 radical (unpaired) electrons. The normalized spacial score (nSPS) is 17.0. The average Bonchev–Trinajstić information content (AvgIpc) is 2.81. The monoisotopic (exact) mass is 407 g/mol. The van der Waals surface area contributed by atoms with E-state index >= 15 is 0 Å². The molecule has 1 saturated heterocycles. The van der Waals surface area contributed by atoms with Crippen molar-refractivity contribution in [2.45, 2.75) is 25.3 Å². The molecule has 2 aromatic heterocycles. The lowest BCUT2D eigenvalue weighted by atomic mass is 9.94. The second-order valence-electron chi connectivity index (χ2n) is 7.52. The molecule has 1 N–H and O–H groups in total. The molecule has 0 spiro atoms. The van der Waals surface area contributed by atoms with Crippen LogP contribution in [-0.4, -0.2) is 47.1 Å². The summed E-state index contributed by atoms with van der Waals surface area (Å²) in [6, 6.07) is 10.9. The van der Waals surface area contributed by atoms with Crippen LogP contribution in [0, 0.1) is 5.82 Å². The van der Waals surface area contributed by atoms with Gasteiger partial charge in [-0.1, -0.05) is 6.07 Å². The van der Waals surface area contributed by atoms with Crippen molar-refractivity contribution in [3.63, 3.8) is 0 Å². The van der Waals surface area contributed by atoms with Crippen molar-refractivity contribution in [2.24, 2.45) is 0 Å². The van der Waals surface area contributed by atoms with Crippen molar-refractivity contribution in [1.82, 2.24) is 19.9 Å². The van der Waals surface area contributed by atoms with Gasteiger partial charge < -0.3 is 10.1 Å². The van der Waals surface area contributed by atoms with Gasteiger partial charge in [-0.3, -0.25) is 9.88 Å². The Hall–Kier alpha value is -3.06. The van der Waals surface area contributed by atoms with Gasteiger partial charge in [-0.05, 0) is 37.6 Å². The molecule has 3 aromatic rings. The molecule has 1 atom stereocenters. The SMILES string of the molecule is CNc1cc([C@@H]2CCCN(Cc3ccc(OC)cc3F)C2)nc(-c2ccncc2)n1. The first-order chi connectivity index (χ1) is 14.7. The summed E-state index contributed by atoms with van der Waals surface area (Å²) in [7, 11) is 3.41. The fourth-order valence-corrected chi connectivity index (χ4v) is 3.90. The number of benzene rings is 1. The lowest BCUT2D eigenvalue weighted by Crippen LogP contribution is -2.34. The van der Waals surface area contributed by atoms with Crippen molar-refractivity contribution in [3.05, 3.63) is 65.9 Å². The van der Waals surface area contributed by atoms with E-state index < -0.39 is 0 Å². The second-order valence-corrected chi connectivity index (χ2v) is 7.52.